The van der Waals surface area contributed by atoms with Gasteiger partial charge in [-0.05, 0) is 34.1 Å². The molecule has 0 bridgehead atoms. The zero-order chi connectivity index (χ0) is 14.3. The van der Waals surface area contributed by atoms with Crippen molar-refractivity contribution >= 4 is 12.1 Å². The standard InChI is InChI=1S/C13H23NO4/c1-6-10(8-7-9(2)11(15)16)14-12(17)18-13(3,4)5/h7-10H,6H2,1-5H3,(H,14,17)(H,15,16)/b8-7+/t9-,10+/m1/s1. The van der Waals surface area contributed by atoms with Crippen molar-refractivity contribution in [2.45, 2.75) is 52.7 Å². The van der Waals surface area contributed by atoms with Crippen LogP contribution < -0.4 is 5.32 Å². The van der Waals surface area contributed by atoms with E-state index in [1.807, 2.05) is 6.92 Å². The quantitative estimate of drug-likeness (QED) is 0.742. The molecule has 0 aromatic rings. The molecule has 0 saturated carbocycles. The van der Waals surface area contributed by atoms with Crippen molar-refractivity contribution in [2.24, 2.45) is 5.92 Å². The Balaban J connectivity index is 4.36. The Kier molecular flexibility index (Phi) is 6.44. The van der Waals surface area contributed by atoms with Gasteiger partial charge in [-0.1, -0.05) is 19.1 Å². The SMILES string of the molecule is CC[C@@H](/C=C/[C@@H](C)C(=O)O)NC(=O)OC(C)(C)C. The number of ether oxygens (including phenoxy) is 1. The van der Waals surface area contributed by atoms with Gasteiger partial charge in [0, 0.05) is 0 Å². The molecule has 0 aliphatic carbocycles. The zero-order valence-corrected chi connectivity index (χ0v) is 11.7. The Bertz CT molecular complexity index is 317. The first-order valence-corrected chi connectivity index (χ1v) is 6.06. The van der Waals surface area contributed by atoms with Crippen LogP contribution in [0.4, 0.5) is 4.79 Å². The number of carbonyl (C=O) groups is 2. The Hall–Kier alpha value is -1.52. The van der Waals surface area contributed by atoms with Crippen LogP contribution in [0.15, 0.2) is 12.2 Å². The predicted molar refractivity (Wildman–Crippen MR) is 69.4 cm³/mol. The third-order valence-electron chi connectivity index (χ3n) is 2.16. The number of carboxylic acids is 1. The number of aliphatic carboxylic acids is 1. The van der Waals surface area contributed by atoms with E-state index in [0.29, 0.717) is 6.42 Å². The van der Waals surface area contributed by atoms with Crippen LogP contribution in [0.25, 0.3) is 0 Å². The van der Waals surface area contributed by atoms with Crippen molar-refractivity contribution in [1.29, 1.82) is 0 Å². The first kappa shape index (κ1) is 16.5. The normalized spacial score (nSPS) is 15.2. The second-order valence-electron chi connectivity index (χ2n) is 5.17. The summed E-state index contributed by atoms with van der Waals surface area (Å²) >= 11 is 0. The highest BCUT2D eigenvalue weighted by Crippen LogP contribution is 2.08. The van der Waals surface area contributed by atoms with Gasteiger partial charge in [0.25, 0.3) is 0 Å². The maximum atomic E-state index is 11.5. The number of amides is 1. The lowest BCUT2D eigenvalue weighted by molar-refractivity contribution is -0.139. The molecular formula is C13H23NO4. The first-order valence-electron chi connectivity index (χ1n) is 6.06. The first-order chi connectivity index (χ1) is 8.15. The van der Waals surface area contributed by atoms with Gasteiger partial charge >= 0.3 is 12.1 Å². The molecular weight excluding hydrogens is 234 g/mol. The van der Waals surface area contributed by atoms with Gasteiger partial charge in [0.2, 0.25) is 0 Å². The molecule has 0 unspecified atom stereocenters. The van der Waals surface area contributed by atoms with Crippen LogP contribution in [0.3, 0.4) is 0 Å². The van der Waals surface area contributed by atoms with Crippen molar-refractivity contribution < 1.29 is 19.4 Å². The van der Waals surface area contributed by atoms with E-state index in [1.54, 1.807) is 39.8 Å². The van der Waals surface area contributed by atoms with Gasteiger partial charge < -0.3 is 15.2 Å². The molecule has 0 aromatic carbocycles. The molecule has 0 radical (unpaired) electrons. The minimum atomic E-state index is -0.890. The predicted octanol–water partition coefficient (Wildman–Crippen LogP) is 2.57. The molecule has 1 amide bonds. The van der Waals surface area contributed by atoms with E-state index in [1.165, 1.54) is 0 Å². The van der Waals surface area contributed by atoms with Gasteiger partial charge in [0.05, 0.1) is 12.0 Å². The summed E-state index contributed by atoms with van der Waals surface area (Å²) in [5, 5.41) is 11.4. The maximum Gasteiger partial charge on any atom is 0.408 e. The van der Waals surface area contributed by atoms with Crippen LogP contribution in [0.1, 0.15) is 41.0 Å². The molecule has 5 nitrogen and oxygen atoms in total. The molecule has 0 rings (SSSR count). The lowest BCUT2D eigenvalue weighted by Crippen LogP contribution is -2.38. The fraction of sp³-hybridized carbons (Fsp3) is 0.692. The number of hydrogen-bond donors (Lipinski definition) is 2. The molecule has 0 aliphatic rings. The summed E-state index contributed by atoms with van der Waals surface area (Å²) in [5.74, 6) is -1.46. The minimum Gasteiger partial charge on any atom is -0.481 e. The average molecular weight is 257 g/mol. The monoisotopic (exact) mass is 257 g/mol. The van der Waals surface area contributed by atoms with Crippen LogP contribution in [0.2, 0.25) is 0 Å². The van der Waals surface area contributed by atoms with E-state index in [4.69, 9.17) is 9.84 Å². The molecule has 18 heavy (non-hydrogen) atoms. The van der Waals surface area contributed by atoms with Crippen molar-refractivity contribution in [3.63, 3.8) is 0 Å². The third-order valence-corrected chi connectivity index (χ3v) is 2.16. The van der Waals surface area contributed by atoms with Gasteiger partial charge in [-0.15, -0.1) is 0 Å². The van der Waals surface area contributed by atoms with E-state index < -0.39 is 23.6 Å². The molecule has 0 aromatic heterocycles. The van der Waals surface area contributed by atoms with Gasteiger partial charge in [-0.3, -0.25) is 4.79 Å². The topological polar surface area (TPSA) is 75.6 Å². The number of carboxylic acid groups (broad SMARTS) is 1. The largest absolute Gasteiger partial charge is 0.481 e. The molecule has 0 aliphatic heterocycles. The molecule has 0 saturated heterocycles. The molecule has 0 spiro atoms. The number of nitrogens with one attached hydrogen (secondary N) is 1. The van der Waals surface area contributed by atoms with E-state index >= 15 is 0 Å². The Labute approximate surface area is 108 Å². The lowest BCUT2D eigenvalue weighted by Gasteiger charge is -2.21. The highest BCUT2D eigenvalue weighted by atomic mass is 16.6. The van der Waals surface area contributed by atoms with Gasteiger partial charge in [-0.25, -0.2) is 4.79 Å². The zero-order valence-electron chi connectivity index (χ0n) is 11.7. The Morgan fingerprint density at radius 1 is 1.33 bits per heavy atom. The molecule has 2 N–H and O–H groups in total. The highest BCUT2D eigenvalue weighted by Gasteiger charge is 2.17. The summed E-state index contributed by atoms with van der Waals surface area (Å²) in [6.07, 6.45) is 3.42. The number of carbonyl (C=O) groups excluding carboxylic acids is 1. The summed E-state index contributed by atoms with van der Waals surface area (Å²) in [6, 6.07) is -0.221. The van der Waals surface area contributed by atoms with Crippen LogP contribution in [0, 0.1) is 5.92 Å². The number of alkyl carbamates (subject to hydrolysis) is 1. The highest BCUT2D eigenvalue weighted by molar-refractivity contribution is 5.71. The van der Waals surface area contributed by atoms with E-state index in [2.05, 4.69) is 5.32 Å². The molecule has 2 atom stereocenters. The van der Waals surface area contributed by atoms with Crippen LogP contribution in [-0.2, 0) is 9.53 Å². The molecule has 0 fully saturated rings. The average Bonchev–Trinajstić information content (AvgIpc) is 2.20. The second-order valence-corrected chi connectivity index (χ2v) is 5.17. The smallest absolute Gasteiger partial charge is 0.408 e. The minimum absolute atomic E-state index is 0.221. The van der Waals surface area contributed by atoms with Crippen LogP contribution in [-0.4, -0.2) is 28.8 Å². The van der Waals surface area contributed by atoms with Crippen molar-refractivity contribution in [3.8, 4) is 0 Å². The van der Waals surface area contributed by atoms with Crippen LogP contribution >= 0.6 is 0 Å². The second kappa shape index (κ2) is 7.03. The molecule has 0 heterocycles. The van der Waals surface area contributed by atoms with E-state index in [0.717, 1.165) is 0 Å². The fourth-order valence-corrected chi connectivity index (χ4v) is 1.13. The molecule has 5 heteroatoms. The summed E-state index contributed by atoms with van der Waals surface area (Å²) in [5.41, 5.74) is -0.541. The van der Waals surface area contributed by atoms with Gasteiger partial charge in [0.15, 0.2) is 0 Å². The summed E-state index contributed by atoms with van der Waals surface area (Å²) in [6.45, 7) is 8.85. The number of rotatable bonds is 5. The Morgan fingerprint density at radius 3 is 2.28 bits per heavy atom. The summed E-state index contributed by atoms with van der Waals surface area (Å²) in [7, 11) is 0. The Morgan fingerprint density at radius 2 is 1.89 bits per heavy atom. The summed E-state index contributed by atoms with van der Waals surface area (Å²) < 4.78 is 5.12. The molecule has 104 valence electrons. The van der Waals surface area contributed by atoms with Gasteiger partial charge in [0.1, 0.15) is 5.60 Å². The lowest BCUT2D eigenvalue weighted by atomic mass is 10.1. The fourth-order valence-electron chi connectivity index (χ4n) is 1.13. The van der Waals surface area contributed by atoms with E-state index in [-0.39, 0.29) is 6.04 Å². The van der Waals surface area contributed by atoms with Crippen molar-refractivity contribution in [2.75, 3.05) is 0 Å². The summed E-state index contributed by atoms with van der Waals surface area (Å²) in [4.78, 5) is 22.2. The van der Waals surface area contributed by atoms with E-state index in [9.17, 15) is 9.59 Å². The number of hydrogen-bond acceptors (Lipinski definition) is 3. The van der Waals surface area contributed by atoms with Crippen molar-refractivity contribution in [3.05, 3.63) is 12.2 Å². The maximum absolute atomic E-state index is 11.5. The van der Waals surface area contributed by atoms with Gasteiger partial charge in [-0.2, -0.15) is 0 Å². The van der Waals surface area contributed by atoms with Crippen molar-refractivity contribution in [1.82, 2.24) is 5.32 Å². The third kappa shape index (κ3) is 7.70. The van der Waals surface area contributed by atoms with Crippen LogP contribution in [0.5, 0.6) is 0 Å².